The molecule has 0 bridgehead atoms. The molecule has 156 valence electrons. The second kappa shape index (κ2) is 10.4. The van der Waals surface area contributed by atoms with Gasteiger partial charge in [0.25, 0.3) is 0 Å². The Balaban J connectivity index is 0.00000300. The third kappa shape index (κ3) is 5.59. The molecular formula is C20H22Cl2FN3O3. The number of carbonyl (C=O) groups is 2. The van der Waals surface area contributed by atoms with Crippen LogP contribution in [0, 0.1) is 5.82 Å². The summed E-state index contributed by atoms with van der Waals surface area (Å²) >= 11 is 5.95. The Labute approximate surface area is 179 Å². The maximum Gasteiger partial charge on any atom is 0.337 e. The molecule has 0 aromatic heterocycles. The van der Waals surface area contributed by atoms with E-state index in [0.717, 1.165) is 11.6 Å². The number of ether oxygens (including phenoxy) is 1. The zero-order chi connectivity index (χ0) is 20.1. The van der Waals surface area contributed by atoms with Crippen molar-refractivity contribution in [3.8, 4) is 0 Å². The van der Waals surface area contributed by atoms with Gasteiger partial charge in [0.2, 0.25) is 0 Å². The van der Waals surface area contributed by atoms with E-state index in [0.29, 0.717) is 30.2 Å². The van der Waals surface area contributed by atoms with E-state index in [9.17, 15) is 14.0 Å². The van der Waals surface area contributed by atoms with Crippen LogP contribution in [-0.4, -0.2) is 43.6 Å². The van der Waals surface area contributed by atoms with Gasteiger partial charge in [0.15, 0.2) is 0 Å². The summed E-state index contributed by atoms with van der Waals surface area (Å²) in [4.78, 5) is 25.9. The van der Waals surface area contributed by atoms with E-state index in [1.165, 1.54) is 19.2 Å². The van der Waals surface area contributed by atoms with Crippen LogP contribution in [0.4, 0.5) is 9.18 Å². The third-order valence-corrected chi connectivity index (χ3v) is 4.92. The Bertz CT molecular complexity index is 865. The number of urea groups is 1. The predicted molar refractivity (Wildman–Crippen MR) is 111 cm³/mol. The van der Waals surface area contributed by atoms with Crippen molar-refractivity contribution in [1.82, 2.24) is 15.5 Å². The number of methoxy groups -OCH3 is 1. The number of benzene rings is 2. The van der Waals surface area contributed by atoms with Gasteiger partial charge in [-0.05, 0) is 29.8 Å². The summed E-state index contributed by atoms with van der Waals surface area (Å²) in [5.74, 6) is -1.18. The quantitative estimate of drug-likeness (QED) is 0.711. The molecule has 6 nitrogen and oxygen atoms in total. The molecule has 0 spiro atoms. The molecule has 1 aliphatic heterocycles. The smallest absolute Gasteiger partial charge is 0.337 e. The van der Waals surface area contributed by atoms with Crippen molar-refractivity contribution in [3.05, 3.63) is 70.0 Å². The monoisotopic (exact) mass is 441 g/mol. The molecule has 1 atom stereocenters. The summed E-state index contributed by atoms with van der Waals surface area (Å²) in [5.41, 5.74) is 1.39. The Morgan fingerprint density at radius 1 is 1.28 bits per heavy atom. The maximum atomic E-state index is 14.2. The van der Waals surface area contributed by atoms with Crippen molar-refractivity contribution in [2.24, 2.45) is 0 Å². The Kier molecular flexibility index (Phi) is 8.25. The van der Waals surface area contributed by atoms with Crippen LogP contribution in [0.15, 0.2) is 42.5 Å². The van der Waals surface area contributed by atoms with Crippen LogP contribution in [-0.2, 0) is 11.3 Å². The van der Waals surface area contributed by atoms with Crippen molar-refractivity contribution in [3.63, 3.8) is 0 Å². The highest BCUT2D eigenvalue weighted by atomic mass is 35.5. The minimum Gasteiger partial charge on any atom is -0.465 e. The summed E-state index contributed by atoms with van der Waals surface area (Å²) in [6, 6.07) is 11.0. The van der Waals surface area contributed by atoms with Crippen molar-refractivity contribution >= 4 is 36.0 Å². The van der Waals surface area contributed by atoms with Crippen LogP contribution in [0.1, 0.15) is 27.5 Å². The summed E-state index contributed by atoms with van der Waals surface area (Å²) in [6.45, 7) is 1.85. The van der Waals surface area contributed by atoms with Gasteiger partial charge in [-0.25, -0.2) is 14.0 Å². The van der Waals surface area contributed by atoms with E-state index < -0.39 is 11.8 Å². The Hall–Kier alpha value is -2.35. The lowest BCUT2D eigenvalue weighted by Gasteiger charge is -2.36. The number of nitrogens with zero attached hydrogens (tertiary/aromatic N) is 1. The van der Waals surface area contributed by atoms with Gasteiger partial charge in [0.1, 0.15) is 5.82 Å². The molecule has 2 aromatic carbocycles. The Morgan fingerprint density at radius 2 is 2.00 bits per heavy atom. The molecule has 0 aliphatic carbocycles. The molecular weight excluding hydrogens is 420 g/mol. The molecule has 1 saturated heterocycles. The largest absolute Gasteiger partial charge is 0.465 e. The molecule has 1 aliphatic rings. The van der Waals surface area contributed by atoms with Gasteiger partial charge in [0, 0.05) is 36.8 Å². The number of nitrogens with one attached hydrogen (secondary N) is 2. The lowest BCUT2D eigenvalue weighted by Crippen LogP contribution is -2.51. The van der Waals surface area contributed by atoms with Crippen LogP contribution in [0.3, 0.4) is 0 Å². The summed E-state index contributed by atoms with van der Waals surface area (Å²) < 4.78 is 18.8. The molecule has 29 heavy (non-hydrogen) atoms. The van der Waals surface area contributed by atoms with Gasteiger partial charge in [-0.1, -0.05) is 29.8 Å². The minimum absolute atomic E-state index is 0. The van der Waals surface area contributed by atoms with Crippen molar-refractivity contribution in [2.45, 2.75) is 12.6 Å². The molecule has 1 fully saturated rings. The number of hydrogen-bond acceptors (Lipinski definition) is 4. The summed E-state index contributed by atoms with van der Waals surface area (Å²) in [5, 5.41) is 6.67. The first-order chi connectivity index (χ1) is 13.5. The average molecular weight is 442 g/mol. The van der Waals surface area contributed by atoms with E-state index in [-0.39, 0.29) is 36.6 Å². The zero-order valence-electron chi connectivity index (χ0n) is 15.8. The second-order valence-corrected chi connectivity index (χ2v) is 6.86. The summed E-state index contributed by atoms with van der Waals surface area (Å²) in [6.07, 6.45) is 0. The average Bonchev–Trinajstić information content (AvgIpc) is 2.72. The van der Waals surface area contributed by atoms with Crippen LogP contribution in [0.25, 0.3) is 0 Å². The zero-order valence-corrected chi connectivity index (χ0v) is 17.4. The van der Waals surface area contributed by atoms with E-state index >= 15 is 0 Å². The van der Waals surface area contributed by atoms with Gasteiger partial charge in [0.05, 0.1) is 18.7 Å². The fourth-order valence-electron chi connectivity index (χ4n) is 3.14. The van der Waals surface area contributed by atoms with E-state index in [1.807, 2.05) is 12.1 Å². The highest BCUT2D eigenvalue weighted by Crippen LogP contribution is 2.24. The van der Waals surface area contributed by atoms with Gasteiger partial charge >= 0.3 is 12.0 Å². The first-order valence-electron chi connectivity index (χ1n) is 8.87. The number of carbonyl (C=O) groups excluding carboxylic acids is 2. The van der Waals surface area contributed by atoms with Crippen molar-refractivity contribution < 1.29 is 18.7 Å². The number of rotatable bonds is 4. The number of hydrogen-bond donors (Lipinski definition) is 2. The Morgan fingerprint density at radius 3 is 2.66 bits per heavy atom. The number of halogens is 3. The van der Waals surface area contributed by atoms with Crippen molar-refractivity contribution in [2.75, 3.05) is 26.7 Å². The lowest BCUT2D eigenvalue weighted by atomic mass is 10.0. The number of amides is 2. The van der Waals surface area contributed by atoms with E-state index in [4.69, 9.17) is 11.6 Å². The van der Waals surface area contributed by atoms with Gasteiger partial charge in [-0.2, -0.15) is 0 Å². The molecule has 2 aromatic rings. The highest BCUT2D eigenvalue weighted by molar-refractivity contribution is 6.30. The fourth-order valence-corrected chi connectivity index (χ4v) is 3.26. The molecule has 2 N–H and O–H groups in total. The number of piperazine rings is 1. The summed E-state index contributed by atoms with van der Waals surface area (Å²) in [7, 11) is 1.24. The second-order valence-electron chi connectivity index (χ2n) is 6.42. The van der Waals surface area contributed by atoms with Crippen LogP contribution < -0.4 is 10.6 Å². The van der Waals surface area contributed by atoms with Crippen LogP contribution in [0.5, 0.6) is 0 Å². The van der Waals surface area contributed by atoms with Gasteiger partial charge < -0.3 is 20.3 Å². The third-order valence-electron chi connectivity index (χ3n) is 4.66. The molecule has 2 amide bonds. The number of esters is 1. The van der Waals surface area contributed by atoms with Crippen LogP contribution in [0.2, 0.25) is 5.02 Å². The van der Waals surface area contributed by atoms with Crippen molar-refractivity contribution in [1.29, 1.82) is 0 Å². The molecule has 1 unspecified atom stereocenters. The van der Waals surface area contributed by atoms with E-state index in [1.54, 1.807) is 17.0 Å². The van der Waals surface area contributed by atoms with Crippen LogP contribution >= 0.6 is 24.0 Å². The van der Waals surface area contributed by atoms with E-state index in [2.05, 4.69) is 15.4 Å². The molecule has 0 saturated carbocycles. The lowest BCUT2D eigenvalue weighted by molar-refractivity contribution is 0.0600. The maximum absolute atomic E-state index is 14.2. The van der Waals surface area contributed by atoms with Gasteiger partial charge in [-0.15, -0.1) is 12.4 Å². The predicted octanol–water partition coefficient (Wildman–Crippen LogP) is 3.54. The molecule has 0 radical (unpaired) electrons. The standard InChI is InChI=1S/C20H21ClFN3O3.ClH/c1-28-19(26)14-2-3-15(17(22)10-14)11-24-20(27)25-9-8-23-12-18(25)13-4-6-16(21)7-5-13;/h2-7,10,18,23H,8-9,11-12H2,1H3,(H,24,27);1H. The normalized spacial score (nSPS) is 16.0. The molecule has 3 rings (SSSR count). The SMILES string of the molecule is COC(=O)c1ccc(CNC(=O)N2CCNCC2c2ccc(Cl)cc2)c(F)c1.Cl. The first kappa shape index (κ1) is 22.9. The minimum atomic E-state index is -0.610. The molecule has 9 heteroatoms. The fraction of sp³-hybridized carbons (Fsp3) is 0.300. The topological polar surface area (TPSA) is 70.7 Å². The molecule has 1 heterocycles. The first-order valence-corrected chi connectivity index (χ1v) is 9.25. The van der Waals surface area contributed by atoms with Gasteiger partial charge in [-0.3, -0.25) is 0 Å². The highest BCUT2D eigenvalue weighted by Gasteiger charge is 2.27.